The Kier molecular flexibility index (Phi) is 8.12. The fourth-order valence-electron chi connectivity index (χ4n) is 2.91. The molecule has 2 rings (SSSR count). The van der Waals surface area contributed by atoms with Crippen LogP contribution in [0.25, 0.3) is 0 Å². The number of aliphatic hydroxyl groups excluding tert-OH is 1. The predicted molar refractivity (Wildman–Crippen MR) is 106 cm³/mol. The smallest absolute Gasteiger partial charge is 0.222 e. The van der Waals surface area contributed by atoms with E-state index in [-0.39, 0.29) is 5.91 Å². The Hall–Kier alpha value is -1.86. The lowest BCUT2D eigenvalue weighted by molar-refractivity contribution is -0.132. The molecule has 1 aliphatic rings. The molecule has 144 valence electrons. The fourth-order valence-corrected chi connectivity index (χ4v) is 3.92. The highest BCUT2D eigenvalue weighted by Crippen LogP contribution is 2.31. The molecule has 1 fully saturated rings. The molecule has 7 heteroatoms. The Morgan fingerprint density at radius 1 is 1.54 bits per heavy atom. The summed E-state index contributed by atoms with van der Waals surface area (Å²) in [5.74, 6) is 0.615. The van der Waals surface area contributed by atoms with E-state index in [4.69, 9.17) is 0 Å². The van der Waals surface area contributed by atoms with Crippen molar-refractivity contribution in [2.45, 2.75) is 51.2 Å². The van der Waals surface area contributed by atoms with Gasteiger partial charge in [0.2, 0.25) is 5.91 Å². The van der Waals surface area contributed by atoms with Gasteiger partial charge >= 0.3 is 0 Å². The lowest BCUT2D eigenvalue weighted by Crippen LogP contribution is -2.37. The summed E-state index contributed by atoms with van der Waals surface area (Å²) >= 11 is 1.59. The minimum absolute atomic E-state index is 0.247. The molecule has 1 amide bonds. The Morgan fingerprint density at radius 3 is 2.92 bits per heavy atom. The fraction of sp³-hybridized carbons (Fsp3) is 0.579. The second-order valence-electron chi connectivity index (χ2n) is 6.59. The number of carbonyl (C=O) groups excluding carboxylic acids is 1. The van der Waals surface area contributed by atoms with Crippen LogP contribution < -0.4 is 10.6 Å². The molecule has 3 N–H and O–H groups in total. The predicted octanol–water partition coefficient (Wildman–Crippen LogP) is 2.87. The summed E-state index contributed by atoms with van der Waals surface area (Å²) in [6.07, 6.45) is 7.03. The molecule has 1 atom stereocenters. The van der Waals surface area contributed by atoms with E-state index in [1.807, 2.05) is 30.3 Å². The normalized spacial score (nSPS) is 17.0. The average Bonchev–Trinajstić information content (AvgIpc) is 3.16. The number of carbonyl (C=O) groups is 1. The van der Waals surface area contributed by atoms with Crippen molar-refractivity contribution < 1.29 is 9.90 Å². The van der Waals surface area contributed by atoms with E-state index in [1.54, 1.807) is 17.5 Å². The third-order valence-electron chi connectivity index (χ3n) is 4.67. The number of allylic oxidation sites excluding steroid dienone is 2. The summed E-state index contributed by atoms with van der Waals surface area (Å²) in [4.78, 5) is 18.8. The van der Waals surface area contributed by atoms with Crippen LogP contribution in [0.5, 0.6) is 0 Å². The van der Waals surface area contributed by atoms with Gasteiger partial charge < -0.3 is 20.6 Å². The minimum atomic E-state index is -0.810. The number of amides is 1. The van der Waals surface area contributed by atoms with Crippen molar-refractivity contribution in [3.63, 3.8) is 0 Å². The first-order valence-corrected chi connectivity index (χ1v) is 10.1. The van der Waals surface area contributed by atoms with Gasteiger partial charge in [0, 0.05) is 49.8 Å². The lowest BCUT2D eigenvalue weighted by Gasteiger charge is -2.31. The number of piperidine rings is 1. The minimum Gasteiger partial charge on any atom is -0.390 e. The Morgan fingerprint density at radius 2 is 2.27 bits per heavy atom. The highest BCUT2D eigenvalue weighted by molar-refractivity contribution is 7.09. The first-order valence-electron chi connectivity index (χ1n) is 9.17. The molecule has 0 bridgehead atoms. The molecule has 0 radical (unpaired) electrons. The highest BCUT2D eigenvalue weighted by Gasteiger charge is 2.26. The third kappa shape index (κ3) is 5.85. The molecule has 1 aromatic heterocycles. The second kappa shape index (κ2) is 10.3. The van der Waals surface area contributed by atoms with Gasteiger partial charge in [0.1, 0.15) is 5.69 Å². The maximum Gasteiger partial charge on any atom is 0.222 e. The van der Waals surface area contributed by atoms with Crippen molar-refractivity contribution in [1.82, 2.24) is 20.5 Å². The second-order valence-corrected chi connectivity index (χ2v) is 7.48. The molecule has 1 unspecified atom stereocenters. The molecule has 0 aliphatic carbocycles. The van der Waals surface area contributed by atoms with Gasteiger partial charge in [-0.15, -0.1) is 17.9 Å². The van der Waals surface area contributed by atoms with Gasteiger partial charge in [-0.2, -0.15) is 0 Å². The number of nitrogens with one attached hydrogen (secondary N) is 2. The van der Waals surface area contributed by atoms with Crippen molar-refractivity contribution in [3.05, 3.63) is 40.6 Å². The summed E-state index contributed by atoms with van der Waals surface area (Å²) in [5, 5.41) is 19.1. The number of aromatic nitrogens is 1. The third-order valence-corrected chi connectivity index (χ3v) is 5.69. The van der Waals surface area contributed by atoms with E-state index in [0.717, 1.165) is 49.5 Å². The first kappa shape index (κ1) is 20.5. The molecule has 1 aromatic rings. The van der Waals surface area contributed by atoms with Crippen molar-refractivity contribution in [2.75, 3.05) is 20.1 Å². The van der Waals surface area contributed by atoms with E-state index in [9.17, 15) is 9.90 Å². The Labute approximate surface area is 160 Å². The molecule has 1 aliphatic heterocycles. The maximum atomic E-state index is 12.2. The van der Waals surface area contributed by atoms with E-state index in [1.165, 1.54) is 0 Å². The SMILES string of the molecule is C=CCCCC(=O)N1CCC(c2nc(C(O)N/C=C(\C)NC)cs2)CC1. The van der Waals surface area contributed by atoms with E-state index < -0.39 is 6.23 Å². The molecule has 0 aromatic carbocycles. The zero-order valence-corrected chi connectivity index (χ0v) is 16.5. The van der Waals surface area contributed by atoms with Gasteiger partial charge in [-0.3, -0.25) is 4.79 Å². The van der Waals surface area contributed by atoms with Crippen LogP contribution in [-0.4, -0.2) is 41.0 Å². The van der Waals surface area contributed by atoms with Crippen LogP contribution in [0.1, 0.15) is 61.9 Å². The van der Waals surface area contributed by atoms with E-state index in [0.29, 0.717) is 18.0 Å². The number of hydrogen-bond donors (Lipinski definition) is 3. The Balaban J connectivity index is 1.83. The first-order chi connectivity index (χ1) is 12.5. The Bertz CT molecular complexity index is 621. The van der Waals surface area contributed by atoms with Crippen LogP contribution in [0.3, 0.4) is 0 Å². The van der Waals surface area contributed by atoms with Crippen LogP contribution in [0.15, 0.2) is 29.9 Å². The summed E-state index contributed by atoms with van der Waals surface area (Å²) in [6, 6.07) is 0. The number of rotatable bonds is 9. The van der Waals surface area contributed by atoms with Gasteiger partial charge in [-0.05, 0) is 32.6 Å². The summed E-state index contributed by atoms with van der Waals surface area (Å²) in [6.45, 7) is 7.19. The highest BCUT2D eigenvalue weighted by atomic mass is 32.1. The largest absolute Gasteiger partial charge is 0.390 e. The number of thiazole rings is 1. The summed E-state index contributed by atoms with van der Waals surface area (Å²) in [7, 11) is 1.83. The topological polar surface area (TPSA) is 77.5 Å². The standard InChI is InChI=1S/C19H30N4O2S/c1-4-5-6-7-17(24)23-10-8-15(9-11-23)19-22-16(13-26-19)18(25)21-12-14(2)20-3/h4,12-13,15,18,20-21,25H,1,5-11H2,2-3H3/b14-12+. The van der Waals surface area contributed by atoms with Gasteiger partial charge in [-0.25, -0.2) is 4.98 Å². The van der Waals surface area contributed by atoms with Crippen molar-refractivity contribution in [2.24, 2.45) is 0 Å². The molecule has 26 heavy (non-hydrogen) atoms. The molecule has 6 nitrogen and oxygen atoms in total. The van der Waals surface area contributed by atoms with Gasteiger partial charge in [0.05, 0.1) is 5.01 Å². The summed E-state index contributed by atoms with van der Waals surface area (Å²) in [5.41, 5.74) is 1.58. The van der Waals surface area contributed by atoms with E-state index in [2.05, 4.69) is 22.2 Å². The van der Waals surface area contributed by atoms with Crippen molar-refractivity contribution in [1.29, 1.82) is 0 Å². The van der Waals surface area contributed by atoms with Crippen molar-refractivity contribution >= 4 is 17.2 Å². The zero-order chi connectivity index (χ0) is 18.9. The molecule has 2 heterocycles. The maximum absolute atomic E-state index is 12.2. The lowest BCUT2D eigenvalue weighted by atomic mass is 9.97. The molecule has 0 saturated carbocycles. The quantitative estimate of drug-likeness (QED) is 0.350. The number of likely N-dealkylation sites (tertiary alicyclic amines) is 1. The van der Waals surface area contributed by atoms with Crippen LogP contribution in [0, 0.1) is 0 Å². The zero-order valence-electron chi connectivity index (χ0n) is 15.7. The van der Waals surface area contributed by atoms with Gasteiger partial charge in [-0.1, -0.05) is 6.08 Å². The van der Waals surface area contributed by atoms with Crippen LogP contribution in [0.2, 0.25) is 0 Å². The summed E-state index contributed by atoms with van der Waals surface area (Å²) < 4.78 is 0. The molecular formula is C19H30N4O2S. The monoisotopic (exact) mass is 378 g/mol. The molecule has 1 saturated heterocycles. The number of nitrogens with zero attached hydrogens (tertiary/aromatic N) is 2. The van der Waals surface area contributed by atoms with Crippen molar-refractivity contribution in [3.8, 4) is 0 Å². The van der Waals surface area contributed by atoms with Crippen LogP contribution in [-0.2, 0) is 4.79 Å². The number of unbranched alkanes of at least 4 members (excludes halogenated alkanes) is 1. The van der Waals surface area contributed by atoms with Crippen LogP contribution >= 0.6 is 11.3 Å². The molecule has 0 spiro atoms. The molecular weight excluding hydrogens is 348 g/mol. The van der Waals surface area contributed by atoms with Gasteiger partial charge in [0.25, 0.3) is 0 Å². The number of hydrogen-bond acceptors (Lipinski definition) is 6. The average molecular weight is 379 g/mol. The van der Waals surface area contributed by atoms with Crippen LogP contribution in [0.4, 0.5) is 0 Å². The van der Waals surface area contributed by atoms with Gasteiger partial charge in [0.15, 0.2) is 6.23 Å². The van der Waals surface area contributed by atoms with E-state index >= 15 is 0 Å². The number of aliphatic hydroxyl groups is 1.